The minimum Gasteiger partial charge on any atom is -0.391 e. The number of thiazole rings is 1. The predicted molar refractivity (Wildman–Crippen MR) is 169 cm³/mol. The molecule has 230 valence electrons. The number of carbonyl (C=O) groups excluding carboxylic acids is 2. The molecule has 0 bridgehead atoms. The van der Waals surface area contributed by atoms with Gasteiger partial charge < -0.3 is 20.4 Å². The first-order chi connectivity index (χ1) is 20.3. The fourth-order valence-electron chi connectivity index (χ4n) is 6.62. The Balaban J connectivity index is 1.37. The summed E-state index contributed by atoms with van der Waals surface area (Å²) >= 11 is 1.62. The number of hydrogen-bond donors (Lipinski definition) is 3. The van der Waals surface area contributed by atoms with Crippen molar-refractivity contribution < 1.29 is 19.8 Å². The Kier molecular flexibility index (Phi) is 8.82. The van der Waals surface area contributed by atoms with Crippen LogP contribution in [0.3, 0.4) is 0 Å². The lowest BCUT2D eigenvalue weighted by atomic mass is 9.81. The largest absolute Gasteiger partial charge is 0.391 e. The summed E-state index contributed by atoms with van der Waals surface area (Å²) in [5, 5.41) is 25.0. The fourth-order valence-corrected chi connectivity index (χ4v) is 7.42. The lowest BCUT2D eigenvalue weighted by Gasteiger charge is -2.37. The lowest BCUT2D eigenvalue weighted by Crippen LogP contribution is -2.55. The van der Waals surface area contributed by atoms with Crippen molar-refractivity contribution in [3.63, 3.8) is 0 Å². The van der Waals surface area contributed by atoms with Gasteiger partial charge in [-0.25, -0.2) is 4.98 Å². The first kappa shape index (κ1) is 31.3. The van der Waals surface area contributed by atoms with Gasteiger partial charge in [-0.05, 0) is 59.1 Å². The molecule has 1 fully saturated rings. The average Bonchev–Trinajstić information content (AvgIpc) is 3.65. The van der Waals surface area contributed by atoms with E-state index in [2.05, 4.69) is 49.3 Å². The van der Waals surface area contributed by atoms with Gasteiger partial charge in [0.2, 0.25) is 11.8 Å². The van der Waals surface area contributed by atoms with Gasteiger partial charge in [-0.2, -0.15) is 0 Å². The van der Waals surface area contributed by atoms with Crippen LogP contribution in [0.1, 0.15) is 88.2 Å². The van der Waals surface area contributed by atoms with Crippen LogP contribution < -0.4 is 5.32 Å². The van der Waals surface area contributed by atoms with Crippen LogP contribution in [0.25, 0.3) is 10.4 Å². The van der Waals surface area contributed by atoms with Crippen LogP contribution >= 0.6 is 11.3 Å². The maximum Gasteiger partial charge on any atom is 0.243 e. The molecule has 0 spiro atoms. The molecular formula is C34H44N4O4S. The molecule has 9 heteroatoms. The number of amides is 2. The Bertz CT molecular complexity index is 1500. The predicted octanol–water partition coefficient (Wildman–Crippen LogP) is 5.09. The molecule has 8 nitrogen and oxygen atoms in total. The van der Waals surface area contributed by atoms with E-state index in [4.69, 9.17) is 0 Å². The second kappa shape index (κ2) is 12.1. The number of aliphatic hydroxyl groups is 2. The number of aliphatic hydroxyl groups excluding tert-OH is 2. The lowest BCUT2D eigenvalue weighted by molar-refractivity contribution is -0.149. The molecule has 2 aliphatic heterocycles. The van der Waals surface area contributed by atoms with Gasteiger partial charge in [0.25, 0.3) is 0 Å². The maximum absolute atomic E-state index is 14.1. The summed E-state index contributed by atoms with van der Waals surface area (Å²) in [6.07, 6.45) is -1.52. The van der Waals surface area contributed by atoms with E-state index in [-0.39, 0.29) is 42.2 Å². The Labute approximate surface area is 258 Å². The smallest absolute Gasteiger partial charge is 0.243 e. The number of β-amino-alcohol motifs (C(OH)–C–C–N with tert-alkyl or cyclic N) is 1. The summed E-state index contributed by atoms with van der Waals surface area (Å²) < 4.78 is 0. The Morgan fingerprint density at radius 1 is 1.09 bits per heavy atom. The van der Waals surface area contributed by atoms with Crippen molar-refractivity contribution in [3.8, 4) is 10.4 Å². The zero-order chi connectivity index (χ0) is 31.2. The number of nitrogens with zero attached hydrogens (tertiary/aromatic N) is 3. The third kappa shape index (κ3) is 6.13. The summed E-state index contributed by atoms with van der Waals surface area (Å²) in [7, 11) is 0. The summed E-state index contributed by atoms with van der Waals surface area (Å²) in [5.74, 6) is -0.648. The first-order valence-corrected chi connectivity index (χ1v) is 16.0. The molecule has 3 N–H and O–H groups in total. The SMILES string of the molecule is Cc1ncsc1-c1ccc(C(C)NC(=O)C2CC(O)CN2C(=O)C(C(C)C)N2Cc3ccccc3C2O)c(C(C)(C)C)c1. The van der Waals surface area contributed by atoms with E-state index in [0.29, 0.717) is 6.54 Å². The number of carbonyl (C=O) groups is 2. The molecule has 5 atom stereocenters. The van der Waals surface area contributed by atoms with Crippen molar-refractivity contribution in [3.05, 3.63) is 75.9 Å². The van der Waals surface area contributed by atoms with Crippen molar-refractivity contribution in [2.75, 3.05) is 6.54 Å². The molecular weight excluding hydrogens is 560 g/mol. The number of aryl methyl sites for hydroxylation is 1. The van der Waals surface area contributed by atoms with Crippen molar-refractivity contribution in [1.29, 1.82) is 0 Å². The zero-order valence-corrected chi connectivity index (χ0v) is 27.0. The number of aromatic nitrogens is 1. The average molecular weight is 605 g/mol. The number of benzene rings is 2. The third-order valence-corrected chi connectivity index (χ3v) is 9.78. The van der Waals surface area contributed by atoms with Crippen molar-refractivity contribution in [1.82, 2.24) is 20.1 Å². The topological polar surface area (TPSA) is 106 Å². The third-order valence-electron chi connectivity index (χ3n) is 8.80. The van der Waals surface area contributed by atoms with Gasteiger partial charge in [0.05, 0.1) is 34.3 Å². The van der Waals surface area contributed by atoms with E-state index in [0.717, 1.165) is 38.4 Å². The van der Waals surface area contributed by atoms with E-state index < -0.39 is 24.4 Å². The number of nitrogens with one attached hydrogen (secondary N) is 1. The van der Waals surface area contributed by atoms with Gasteiger partial charge in [-0.3, -0.25) is 14.5 Å². The number of rotatable bonds is 7. The molecule has 2 amide bonds. The highest BCUT2D eigenvalue weighted by atomic mass is 32.1. The molecule has 3 heterocycles. The van der Waals surface area contributed by atoms with Crippen LogP contribution in [0.15, 0.2) is 48.0 Å². The van der Waals surface area contributed by atoms with E-state index in [1.807, 2.05) is 62.4 Å². The number of hydrogen-bond acceptors (Lipinski definition) is 7. The molecule has 0 radical (unpaired) electrons. The van der Waals surface area contributed by atoms with Crippen molar-refractivity contribution in [2.45, 2.75) is 97.3 Å². The van der Waals surface area contributed by atoms with Crippen molar-refractivity contribution in [2.24, 2.45) is 5.92 Å². The summed E-state index contributed by atoms with van der Waals surface area (Å²) in [6, 6.07) is 12.3. The maximum atomic E-state index is 14.1. The molecule has 0 saturated carbocycles. The van der Waals surface area contributed by atoms with Gasteiger partial charge in [0.15, 0.2) is 0 Å². The quantitative estimate of drug-likeness (QED) is 0.347. The Morgan fingerprint density at radius 2 is 1.81 bits per heavy atom. The van der Waals surface area contributed by atoms with Crippen LogP contribution in [0, 0.1) is 12.8 Å². The highest BCUT2D eigenvalue weighted by Crippen LogP contribution is 2.38. The van der Waals surface area contributed by atoms with Crippen LogP contribution in [0.5, 0.6) is 0 Å². The fraction of sp³-hybridized carbons (Fsp3) is 0.500. The second-order valence-electron chi connectivity index (χ2n) is 13.4. The van der Waals surface area contributed by atoms with Crippen LogP contribution in [-0.2, 0) is 21.5 Å². The van der Waals surface area contributed by atoms with Gasteiger partial charge >= 0.3 is 0 Å². The molecule has 3 aromatic rings. The summed E-state index contributed by atoms with van der Waals surface area (Å²) in [6.45, 7) is 14.9. The standard InChI is InChI=1S/C34H44N4O4S/c1-19(2)29(38-16-23-10-8-9-11-26(23)32(38)41)33(42)37-17-24(39)15-28(37)31(40)36-20(3)25-13-12-22(14-27(25)34(5,6)7)30-21(4)35-18-43-30/h8-14,18-20,24,28-29,32,39,41H,15-17H2,1-7H3,(H,36,40). The molecule has 2 aliphatic rings. The molecule has 1 saturated heterocycles. The van der Waals surface area contributed by atoms with Crippen LogP contribution in [-0.4, -0.2) is 61.5 Å². The number of likely N-dealkylation sites (tertiary alicyclic amines) is 1. The molecule has 5 unspecified atom stereocenters. The van der Waals surface area contributed by atoms with Crippen LogP contribution in [0.4, 0.5) is 0 Å². The normalized spacial score (nSPS) is 22.1. The Morgan fingerprint density at radius 3 is 2.44 bits per heavy atom. The molecule has 5 rings (SSSR count). The van der Waals surface area contributed by atoms with E-state index >= 15 is 0 Å². The molecule has 0 aliphatic carbocycles. The van der Waals surface area contributed by atoms with Gasteiger partial charge in [-0.1, -0.05) is 71.0 Å². The van der Waals surface area contributed by atoms with Gasteiger partial charge in [0, 0.05) is 19.5 Å². The molecule has 2 aromatic carbocycles. The van der Waals surface area contributed by atoms with E-state index in [1.165, 1.54) is 4.90 Å². The van der Waals surface area contributed by atoms with Crippen molar-refractivity contribution >= 4 is 23.2 Å². The monoisotopic (exact) mass is 604 g/mol. The minimum atomic E-state index is -0.903. The number of fused-ring (bicyclic) bond motifs is 1. The van der Waals surface area contributed by atoms with Gasteiger partial charge in [0.1, 0.15) is 12.3 Å². The Hall–Kier alpha value is -3.11. The highest BCUT2D eigenvalue weighted by Gasteiger charge is 2.46. The second-order valence-corrected chi connectivity index (χ2v) is 14.2. The van der Waals surface area contributed by atoms with Crippen LogP contribution in [0.2, 0.25) is 0 Å². The van der Waals surface area contributed by atoms with E-state index in [1.54, 1.807) is 11.3 Å². The molecule has 43 heavy (non-hydrogen) atoms. The zero-order valence-electron chi connectivity index (χ0n) is 26.2. The summed E-state index contributed by atoms with van der Waals surface area (Å²) in [4.78, 5) is 36.8. The molecule has 1 aromatic heterocycles. The first-order valence-electron chi connectivity index (χ1n) is 15.1. The van der Waals surface area contributed by atoms with Gasteiger partial charge in [-0.15, -0.1) is 11.3 Å². The minimum absolute atomic E-state index is 0.0849. The highest BCUT2D eigenvalue weighted by molar-refractivity contribution is 7.13. The summed E-state index contributed by atoms with van der Waals surface area (Å²) in [5.41, 5.74) is 7.72. The van der Waals surface area contributed by atoms with E-state index in [9.17, 15) is 19.8 Å².